The number of hydrogen-bond donors (Lipinski definition) is 1. The van der Waals surface area contributed by atoms with Gasteiger partial charge in [0, 0.05) is 16.7 Å². The van der Waals surface area contributed by atoms with Crippen LogP contribution in [-0.4, -0.2) is 18.3 Å². The van der Waals surface area contributed by atoms with Gasteiger partial charge in [0.1, 0.15) is 0 Å². The second-order valence-corrected chi connectivity index (χ2v) is 6.50. The maximum atomic E-state index is 3.62. The molecule has 0 saturated heterocycles. The van der Waals surface area contributed by atoms with Crippen LogP contribution in [0.5, 0.6) is 0 Å². The minimum absolute atomic E-state index is 0.570. The van der Waals surface area contributed by atoms with E-state index in [1.165, 1.54) is 22.4 Å². The van der Waals surface area contributed by atoms with Crippen molar-refractivity contribution in [1.29, 1.82) is 0 Å². The monoisotopic (exact) mass is 299 g/mol. The Morgan fingerprint density at radius 1 is 1.05 bits per heavy atom. The molecule has 21 heavy (non-hydrogen) atoms. The van der Waals surface area contributed by atoms with Crippen molar-refractivity contribution in [3.63, 3.8) is 0 Å². The molecule has 0 heterocycles. The number of thioether (sulfide) groups is 1. The van der Waals surface area contributed by atoms with Gasteiger partial charge in [0.15, 0.2) is 0 Å². The van der Waals surface area contributed by atoms with Gasteiger partial charge in [0.2, 0.25) is 0 Å². The van der Waals surface area contributed by atoms with Crippen LogP contribution in [0.2, 0.25) is 0 Å². The predicted molar refractivity (Wildman–Crippen MR) is 94.1 cm³/mol. The molecule has 0 fully saturated rings. The van der Waals surface area contributed by atoms with Gasteiger partial charge in [-0.05, 0) is 44.0 Å². The molecule has 1 atom stereocenters. The van der Waals surface area contributed by atoms with Gasteiger partial charge in [-0.1, -0.05) is 55.0 Å². The first-order valence-corrected chi connectivity index (χ1v) is 8.73. The normalized spacial score (nSPS) is 12.3. The molecular formula is C19H25NS. The van der Waals surface area contributed by atoms with Crippen LogP contribution in [-0.2, 0) is 6.42 Å². The highest BCUT2D eigenvalue weighted by Gasteiger charge is 2.08. The molecule has 0 bridgehead atoms. The summed E-state index contributed by atoms with van der Waals surface area (Å²) in [7, 11) is 0. The molecule has 0 aliphatic heterocycles. The Kier molecular flexibility index (Phi) is 6.84. The Hall–Kier alpha value is -1.25. The van der Waals surface area contributed by atoms with E-state index < -0.39 is 0 Å². The lowest BCUT2D eigenvalue weighted by Gasteiger charge is -2.17. The maximum absolute atomic E-state index is 3.62. The standard InChI is InChI=1S/C19H25NS/c1-3-20-18(13-12-17-9-5-4-6-10-17)15-21-19-11-7-8-16(2)14-19/h4-11,14,18,20H,3,12-13,15H2,1-2H3. The summed E-state index contributed by atoms with van der Waals surface area (Å²) in [6, 6.07) is 20.1. The lowest BCUT2D eigenvalue weighted by atomic mass is 10.1. The van der Waals surface area contributed by atoms with Gasteiger partial charge in [-0.15, -0.1) is 11.8 Å². The van der Waals surface area contributed by atoms with Gasteiger partial charge in [-0.3, -0.25) is 0 Å². The van der Waals surface area contributed by atoms with E-state index in [0.29, 0.717) is 6.04 Å². The zero-order chi connectivity index (χ0) is 14.9. The Bertz CT molecular complexity index is 524. The van der Waals surface area contributed by atoms with Crippen LogP contribution in [0, 0.1) is 6.92 Å². The minimum atomic E-state index is 0.570. The van der Waals surface area contributed by atoms with Crippen molar-refractivity contribution in [3.8, 4) is 0 Å². The minimum Gasteiger partial charge on any atom is -0.313 e. The smallest absolute Gasteiger partial charge is 0.0164 e. The van der Waals surface area contributed by atoms with E-state index in [1.807, 2.05) is 11.8 Å². The first-order chi connectivity index (χ1) is 10.3. The average molecular weight is 299 g/mol. The number of nitrogens with one attached hydrogen (secondary N) is 1. The largest absolute Gasteiger partial charge is 0.313 e. The molecule has 2 aromatic rings. The third-order valence-corrected chi connectivity index (χ3v) is 4.71. The molecule has 1 unspecified atom stereocenters. The first kappa shape index (κ1) is 16.1. The first-order valence-electron chi connectivity index (χ1n) is 7.74. The van der Waals surface area contributed by atoms with Crippen LogP contribution < -0.4 is 5.32 Å². The molecule has 1 N–H and O–H groups in total. The molecular weight excluding hydrogens is 274 g/mol. The van der Waals surface area contributed by atoms with Crippen LogP contribution >= 0.6 is 11.8 Å². The summed E-state index contributed by atoms with van der Waals surface area (Å²) < 4.78 is 0. The highest BCUT2D eigenvalue weighted by Crippen LogP contribution is 2.21. The van der Waals surface area contributed by atoms with Crippen LogP contribution in [0.15, 0.2) is 59.5 Å². The molecule has 112 valence electrons. The number of aryl methyl sites for hydroxylation is 2. The summed E-state index contributed by atoms with van der Waals surface area (Å²) in [5.74, 6) is 1.13. The second kappa shape index (κ2) is 8.91. The fourth-order valence-corrected chi connectivity index (χ4v) is 3.54. The molecule has 0 aliphatic carbocycles. The molecule has 0 amide bonds. The summed E-state index contributed by atoms with van der Waals surface area (Å²) in [4.78, 5) is 1.37. The fourth-order valence-electron chi connectivity index (χ4n) is 2.42. The zero-order valence-electron chi connectivity index (χ0n) is 13.0. The lowest BCUT2D eigenvalue weighted by molar-refractivity contribution is 0.537. The molecule has 0 radical (unpaired) electrons. The van der Waals surface area contributed by atoms with Crippen LogP contribution in [0.4, 0.5) is 0 Å². The molecule has 0 spiro atoms. The van der Waals surface area contributed by atoms with Gasteiger partial charge >= 0.3 is 0 Å². The quantitative estimate of drug-likeness (QED) is 0.709. The SMILES string of the molecule is CCNC(CCc1ccccc1)CSc1cccc(C)c1. The number of rotatable bonds is 8. The Morgan fingerprint density at radius 3 is 2.57 bits per heavy atom. The third-order valence-electron chi connectivity index (χ3n) is 3.56. The molecule has 0 aliphatic rings. The van der Waals surface area contributed by atoms with Crippen molar-refractivity contribution >= 4 is 11.8 Å². The summed E-state index contributed by atoms with van der Waals surface area (Å²) in [5.41, 5.74) is 2.77. The molecule has 1 nitrogen and oxygen atoms in total. The van der Waals surface area contributed by atoms with Crippen molar-refractivity contribution < 1.29 is 0 Å². The van der Waals surface area contributed by atoms with E-state index in [-0.39, 0.29) is 0 Å². The van der Waals surface area contributed by atoms with Crippen molar-refractivity contribution in [1.82, 2.24) is 5.32 Å². The van der Waals surface area contributed by atoms with E-state index >= 15 is 0 Å². The lowest BCUT2D eigenvalue weighted by Crippen LogP contribution is -2.31. The van der Waals surface area contributed by atoms with Crippen molar-refractivity contribution in [3.05, 3.63) is 65.7 Å². The van der Waals surface area contributed by atoms with Gasteiger partial charge in [0.25, 0.3) is 0 Å². The second-order valence-electron chi connectivity index (χ2n) is 5.41. The zero-order valence-corrected chi connectivity index (χ0v) is 13.8. The molecule has 0 saturated carbocycles. The Labute approximate surface area is 133 Å². The molecule has 2 heteroatoms. The Balaban J connectivity index is 1.84. The van der Waals surface area contributed by atoms with Gasteiger partial charge in [-0.2, -0.15) is 0 Å². The number of benzene rings is 2. The third kappa shape index (κ3) is 5.94. The van der Waals surface area contributed by atoms with Crippen molar-refractivity contribution in [2.24, 2.45) is 0 Å². The summed E-state index contributed by atoms with van der Waals surface area (Å²) in [5, 5.41) is 3.62. The predicted octanol–water partition coefficient (Wildman–Crippen LogP) is 4.70. The van der Waals surface area contributed by atoms with E-state index in [0.717, 1.165) is 18.7 Å². The summed E-state index contributed by atoms with van der Waals surface area (Å²) in [6.45, 7) is 5.38. The van der Waals surface area contributed by atoms with Crippen molar-refractivity contribution in [2.45, 2.75) is 37.6 Å². The van der Waals surface area contributed by atoms with Crippen LogP contribution in [0.1, 0.15) is 24.5 Å². The van der Waals surface area contributed by atoms with E-state index in [2.05, 4.69) is 73.8 Å². The Morgan fingerprint density at radius 2 is 1.86 bits per heavy atom. The van der Waals surface area contributed by atoms with Crippen LogP contribution in [0.25, 0.3) is 0 Å². The molecule has 0 aromatic heterocycles. The molecule has 2 rings (SSSR count). The fraction of sp³-hybridized carbons (Fsp3) is 0.368. The van der Waals surface area contributed by atoms with Crippen molar-refractivity contribution in [2.75, 3.05) is 12.3 Å². The summed E-state index contributed by atoms with van der Waals surface area (Å²) >= 11 is 1.96. The number of hydrogen-bond acceptors (Lipinski definition) is 2. The van der Waals surface area contributed by atoms with Gasteiger partial charge in [0.05, 0.1) is 0 Å². The van der Waals surface area contributed by atoms with Gasteiger partial charge in [-0.25, -0.2) is 0 Å². The average Bonchev–Trinajstić information content (AvgIpc) is 2.51. The van der Waals surface area contributed by atoms with E-state index in [9.17, 15) is 0 Å². The van der Waals surface area contributed by atoms with Crippen LogP contribution in [0.3, 0.4) is 0 Å². The topological polar surface area (TPSA) is 12.0 Å². The van der Waals surface area contributed by atoms with E-state index in [1.54, 1.807) is 0 Å². The van der Waals surface area contributed by atoms with E-state index in [4.69, 9.17) is 0 Å². The highest BCUT2D eigenvalue weighted by atomic mass is 32.2. The maximum Gasteiger partial charge on any atom is 0.0164 e. The highest BCUT2D eigenvalue weighted by molar-refractivity contribution is 7.99. The van der Waals surface area contributed by atoms with Gasteiger partial charge < -0.3 is 5.32 Å². The molecule has 2 aromatic carbocycles. The summed E-state index contributed by atoms with van der Waals surface area (Å²) in [6.07, 6.45) is 2.34.